The van der Waals surface area contributed by atoms with Gasteiger partial charge in [-0.25, -0.2) is 4.98 Å². The number of aromatic nitrogens is 2. The highest BCUT2D eigenvalue weighted by molar-refractivity contribution is 5.82. The average Bonchev–Trinajstić information content (AvgIpc) is 2.82. The quantitative estimate of drug-likeness (QED) is 0.623. The van der Waals surface area contributed by atoms with Gasteiger partial charge >= 0.3 is 5.97 Å². The molecule has 2 aromatic carbocycles. The molecule has 31 heavy (non-hydrogen) atoms. The molecule has 0 saturated heterocycles. The van der Waals surface area contributed by atoms with Gasteiger partial charge in [-0.15, -0.1) is 0 Å². The number of hydrogen-bond donors (Lipinski definition) is 1. The Morgan fingerprint density at radius 3 is 2.61 bits per heavy atom. The lowest BCUT2D eigenvalue weighted by Gasteiger charge is -2.26. The smallest absolute Gasteiger partial charge is 0.306 e. The van der Waals surface area contributed by atoms with Crippen LogP contribution in [0.3, 0.4) is 0 Å². The highest BCUT2D eigenvalue weighted by atomic mass is 16.5. The fourth-order valence-electron chi connectivity index (χ4n) is 3.59. The number of rotatable bonds is 6. The molecule has 7 heteroatoms. The summed E-state index contributed by atoms with van der Waals surface area (Å²) in [5.74, 6) is -0.294. The molecule has 0 atom stereocenters. The molecule has 1 aliphatic heterocycles. The van der Waals surface area contributed by atoms with Crippen molar-refractivity contribution in [3.8, 4) is 0 Å². The Morgan fingerprint density at radius 2 is 1.84 bits per heavy atom. The van der Waals surface area contributed by atoms with E-state index in [4.69, 9.17) is 4.74 Å². The lowest BCUT2D eigenvalue weighted by atomic mass is 10.00. The third-order valence-electron chi connectivity index (χ3n) is 5.29. The van der Waals surface area contributed by atoms with Gasteiger partial charge in [0.25, 0.3) is 11.5 Å². The number of benzene rings is 2. The van der Waals surface area contributed by atoms with E-state index < -0.39 is 5.97 Å². The molecule has 1 aromatic heterocycles. The van der Waals surface area contributed by atoms with Crippen LogP contribution in [0, 0.1) is 0 Å². The molecular weight excluding hydrogens is 394 g/mol. The predicted molar refractivity (Wildman–Crippen MR) is 117 cm³/mol. The molecule has 1 aliphatic rings. The fraction of sp³-hybridized carbons (Fsp3) is 0.250. The summed E-state index contributed by atoms with van der Waals surface area (Å²) in [4.78, 5) is 45.2. The largest absolute Gasteiger partial charge is 0.456 e. The van der Waals surface area contributed by atoms with Crippen molar-refractivity contribution in [2.24, 2.45) is 0 Å². The molecule has 1 N–H and O–H groups in total. The Labute approximate surface area is 179 Å². The lowest BCUT2D eigenvalue weighted by molar-refractivity contribution is -0.151. The van der Waals surface area contributed by atoms with Gasteiger partial charge in [-0.1, -0.05) is 48.5 Å². The lowest BCUT2D eigenvalue weighted by Crippen LogP contribution is -2.37. The molecule has 0 spiro atoms. The normalized spacial score (nSPS) is 13.7. The molecule has 0 bridgehead atoms. The van der Waals surface area contributed by atoms with Crippen molar-refractivity contribution in [1.29, 1.82) is 0 Å². The first-order chi connectivity index (χ1) is 15.1. The Balaban J connectivity index is 1.25. The molecule has 2 heterocycles. The van der Waals surface area contributed by atoms with Gasteiger partial charge in [0, 0.05) is 19.5 Å². The second-order valence-corrected chi connectivity index (χ2v) is 7.38. The number of hydrogen-bond acceptors (Lipinski definition) is 5. The van der Waals surface area contributed by atoms with Gasteiger partial charge < -0.3 is 14.6 Å². The molecule has 0 fully saturated rings. The zero-order valence-electron chi connectivity index (χ0n) is 17.0. The highest BCUT2D eigenvalue weighted by Gasteiger charge is 2.19. The van der Waals surface area contributed by atoms with Crippen LogP contribution in [0.1, 0.15) is 24.2 Å². The van der Waals surface area contributed by atoms with Crippen molar-refractivity contribution < 1.29 is 14.3 Å². The summed E-state index contributed by atoms with van der Waals surface area (Å²) in [6.45, 7) is 0.817. The third-order valence-corrected chi connectivity index (χ3v) is 5.29. The van der Waals surface area contributed by atoms with E-state index in [1.54, 1.807) is 29.2 Å². The van der Waals surface area contributed by atoms with Crippen molar-refractivity contribution in [2.45, 2.75) is 19.3 Å². The Kier molecular flexibility index (Phi) is 6.21. The van der Waals surface area contributed by atoms with Crippen molar-refractivity contribution in [3.63, 3.8) is 0 Å². The molecule has 0 saturated carbocycles. The van der Waals surface area contributed by atoms with E-state index in [9.17, 15) is 14.4 Å². The minimum atomic E-state index is -0.498. The number of nitrogens with one attached hydrogen (secondary N) is 1. The number of aromatic amines is 1. The number of carbonyl (C=O) groups is 2. The van der Waals surface area contributed by atoms with Crippen molar-refractivity contribution in [2.75, 3.05) is 19.7 Å². The number of ether oxygens (including phenoxy) is 1. The zero-order chi connectivity index (χ0) is 21.6. The Morgan fingerprint density at radius 1 is 1.06 bits per heavy atom. The van der Waals surface area contributed by atoms with E-state index in [1.807, 2.05) is 24.3 Å². The summed E-state index contributed by atoms with van der Waals surface area (Å²) in [5.41, 5.74) is 2.73. The van der Waals surface area contributed by atoms with E-state index >= 15 is 0 Å². The van der Waals surface area contributed by atoms with Crippen LogP contribution < -0.4 is 5.56 Å². The van der Waals surface area contributed by atoms with Crippen LogP contribution in [0.25, 0.3) is 16.5 Å². The van der Waals surface area contributed by atoms with E-state index in [1.165, 1.54) is 11.1 Å². The summed E-state index contributed by atoms with van der Waals surface area (Å²) in [6.07, 6.45) is 3.08. The first-order valence-corrected chi connectivity index (χ1v) is 10.3. The van der Waals surface area contributed by atoms with Crippen molar-refractivity contribution in [3.05, 3.63) is 82.4 Å². The van der Waals surface area contributed by atoms with Crippen LogP contribution >= 0.6 is 0 Å². The van der Waals surface area contributed by atoms with E-state index in [0.717, 1.165) is 6.42 Å². The molecule has 158 valence electrons. The van der Waals surface area contributed by atoms with Crippen LogP contribution in [-0.4, -0.2) is 46.4 Å². The first kappa shape index (κ1) is 20.5. The maximum absolute atomic E-state index is 12.4. The highest BCUT2D eigenvalue weighted by Crippen LogP contribution is 2.22. The Bertz CT molecular complexity index is 1180. The van der Waals surface area contributed by atoms with Gasteiger partial charge in [0.2, 0.25) is 0 Å². The van der Waals surface area contributed by atoms with E-state index in [0.29, 0.717) is 29.8 Å². The van der Waals surface area contributed by atoms with Gasteiger partial charge in [-0.3, -0.25) is 14.4 Å². The zero-order valence-corrected chi connectivity index (χ0v) is 17.0. The topological polar surface area (TPSA) is 92.4 Å². The van der Waals surface area contributed by atoms with E-state index in [-0.39, 0.29) is 30.9 Å². The van der Waals surface area contributed by atoms with Gasteiger partial charge in [-0.05, 0) is 29.7 Å². The minimum Gasteiger partial charge on any atom is -0.456 e. The maximum atomic E-state index is 12.4. The van der Waals surface area contributed by atoms with Gasteiger partial charge in [-0.2, -0.15) is 0 Å². The van der Waals surface area contributed by atoms with Crippen LogP contribution in [0.4, 0.5) is 0 Å². The van der Waals surface area contributed by atoms with Crippen LogP contribution in [0.5, 0.6) is 0 Å². The van der Waals surface area contributed by atoms with Crippen molar-refractivity contribution >= 4 is 28.4 Å². The standard InChI is InChI=1S/C24H23N3O4/c28-22(27-14-12-18(13-15-27)17-6-2-1-3-7-17)16-31-23(29)11-10-21-25-20-9-5-4-8-19(20)24(30)26-21/h1-9,12H,10-11,13-16H2,(H,25,26,30). The summed E-state index contributed by atoms with van der Waals surface area (Å²) in [5, 5.41) is 0.505. The molecule has 7 nitrogen and oxygen atoms in total. The number of fused-ring (bicyclic) bond motifs is 1. The summed E-state index contributed by atoms with van der Waals surface area (Å²) in [6, 6.07) is 17.1. The second kappa shape index (κ2) is 9.38. The summed E-state index contributed by atoms with van der Waals surface area (Å²) in [7, 11) is 0. The number of aryl methyl sites for hydroxylation is 1. The number of H-pyrrole nitrogens is 1. The molecule has 1 amide bonds. The van der Waals surface area contributed by atoms with Crippen LogP contribution in [0.2, 0.25) is 0 Å². The number of esters is 1. The fourth-order valence-corrected chi connectivity index (χ4v) is 3.59. The van der Waals surface area contributed by atoms with Crippen LogP contribution in [0.15, 0.2) is 65.5 Å². The maximum Gasteiger partial charge on any atom is 0.306 e. The van der Waals surface area contributed by atoms with Gasteiger partial charge in [0.1, 0.15) is 5.82 Å². The predicted octanol–water partition coefficient (Wildman–Crippen LogP) is 2.71. The average molecular weight is 417 g/mol. The number of para-hydroxylation sites is 1. The SMILES string of the molecule is O=C(CCc1nc2ccccc2c(=O)[nH]1)OCC(=O)N1CC=C(c2ccccc2)CC1. The minimum absolute atomic E-state index is 0.0343. The molecule has 4 rings (SSSR count). The van der Waals surface area contributed by atoms with Crippen LogP contribution in [-0.2, 0) is 20.7 Å². The number of nitrogens with zero attached hydrogens (tertiary/aromatic N) is 2. The second-order valence-electron chi connectivity index (χ2n) is 7.38. The van der Waals surface area contributed by atoms with Gasteiger partial charge in [0.05, 0.1) is 17.3 Å². The van der Waals surface area contributed by atoms with E-state index in [2.05, 4.69) is 22.1 Å². The monoisotopic (exact) mass is 417 g/mol. The summed E-state index contributed by atoms with van der Waals surface area (Å²) < 4.78 is 5.14. The molecule has 0 aliphatic carbocycles. The molecule has 0 unspecified atom stereocenters. The number of amides is 1. The third kappa shape index (κ3) is 5.06. The Hall–Kier alpha value is -3.74. The number of carbonyl (C=O) groups excluding carboxylic acids is 2. The molecule has 0 radical (unpaired) electrons. The van der Waals surface area contributed by atoms with Crippen molar-refractivity contribution in [1.82, 2.24) is 14.9 Å². The molecule has 3 aromatic rings. The van der Waals surface area contributed by atoms with Gasteiger partial charge in [0.15, 0.2) is 6.61 Å². The first-order valence-electron chi connectivity index (χ1n) is 10.3. The summed E-state index contributed by atoms with van der Waals surface area (Å²) >= 11 is 0. The molecular formula is C24H23N3O4.